The van der Waals surface area contributed by atoms with Gasteiger partial charge in [0, 0.05) is 0 Å². The third kappa shape index (κ3) is 2.85. The summed E-state index contributed by atoms with van der Waals surface area (Å²) in [4.78, 5) is 0. The normalized spacial score (nSPS) is 19.1. The van der Waals surface area contributed by atoms with Crippen molar-refractivity contribution in [2.24, 2.45) is 0 Å². The molecule has 16 heavy (non-hydrogen) atoms. The molecule has 1 aliphatic carbocycles. The second-order valence-corrected chi connectivity index (χ2v) is 4.90. The van der Waals surface area contributed by atoms with Crippen molar-refractivity contribution < 1.29 is 5.11 Å². The first kappa shape index (κ1) is 11.7. The lowest BCUT2D eigenvalue weighted by atomic mass is 9.84. The van der Waals surface area contributed by atoms with E-state index in [0.29, 0.717) is 5.92 Å². The van der Waals surface area contributed by atoms with Gasteiger partial charge in [-0.2, -0.15) is 0 Å². The van der Waals surface area contributed by atoms with E-state index in [1.54, 1.807) is 0 Å². The van der Waals surface area contributed by atoms with Crippen molar-refractivity contribution in [1.29, 1.82) is 0 Å². The van der Waals surface area contributed by atoms with Gasteiger partial charge in [-0.25, -0.2) is 0 Å². The van der Waals surface area contributed by atoms with Crippen LogP contribution in [-0.2, 0) is 6.61 Å². The third-order valence-electron chi connectivity index (χ3n) is 3.77. The second kappa shape index (κ2) is 6.05. The van der Waals surface area contributed by atoms with Crippen molar-refractivity contribution >= 4 is 0 Å². The minimum absolute atomic E-state index is 0.187. The molecule has 88 valence electrons. The van der Waals surface area contributed by atoms with Gasteiger partial charge in [-0.1, -0.05) is 56.4 Å². The molecule has 0 aliphatic heterocycles. The average Bonchev–Trinajstić information content (AvgIpc) is 2.29. The van der Waals surface area contributed by atoms with E-state index in [0.717, 1.165) is 5.56 Å². The number of benzene rings is 1. The summed E-state index contributed by atoms with van der Waals surface area (Å²) < 4.78 is 0. The Hall–Kier alpha value is -0.820. The number of aliphatic hydroxyl groups is 1. The Labute approximate surface area is 98.5 Å². The highest BCUT2D eigenvalue weighted by Gasteiger charge is 2.15. The van der Waals surface area contributed by atoms with Gasteiger partial charge in [-0.05, 0) is 29.9 Å². The molecule has 0 amide bonds. The minimum atomic E-state index is 0.187. The molecule has 0 bridgehead atoms. The van der Waals surface area contributed by atoms with Crippen LogP contribution in [0.2, 0.25) is 0 Å². The summed E-state index contributed by atoms with van der Waals surface area (Å²) in [5.41, 5.74) is 2.53. The van der Waals surface area contributed by atoms with Gasteiger partial charge < -0.3 is 5.11 Å². The maximum absolute atomic E-state index is 9.37. The quantitative estimate of drug-likeness (QED) is 0.795. The fourth-order valence-corrected chi connectivity index (χ4v) is 2.84. The minimum Gasteiger partial charge on any atom is -0.392 e. The summed E-state index contributed by atoms with van der Waals surface area (Å²) >= 11 is 0. The van der Waals surface area contributed by atoms with Gasteiger partial charge in [0.25, 0.3) is 0 Å². The molecule has 1 fully saturated rings. The summed E-state index contributed by atoms with van der Waals surface area (Å²) in [5, 5.41) is 9.37. The van der Waals surface area contributed by atoms with Crippen LogP contribution in [0.1, 0.15) is 62.0 Å². The Morgan fingerprint density at radius 3 is 2.25 bits per heavy atom. The Kier molecular flexibility index (Phi) is 4.41. The molecule has 1 aromatic rings. The number of hydrogen-bond donors (Lipinski definition) is 1. The monoisotopic (exact) mass is 218 g/mol. The Balaban J connectivity index is 2.13. The van der Waals surface area contributed by atoms with Crippen LogP contribution in [0.25, 0.3) is 0 Å². The van der Waals surface area contributed by atoms with Gasteiger partial charge in [-0.15, -0.1) is 0 Å². The highest BCUT2D eigenvalue weighted by Crippen LogP contribution is 2.32. The van der Waals surface area contributed by atoms with Gasteiger partial charge >= 0.3 is 0 Å². The molecule has 0 heterocycles. The van der Waals surface area contributed by atoms with Crippen LogP contribution in [0.4, 0.5) is 0 Å². The maximum atomic E-state index is 9.37. The van der Waals surface area contributed by atoms with Crippen molar-refractivity contribution in [2.75, 3.05) is 0 Å². The van der Waals surface area contributed by atoms with E-state index in [-0.39, 0.29) is 6.61 Å². The van der Waals surface area contributed by atoms with Crippen LogP contribution >= 0.6 is 0 Å². The van der Waals surface area contributed by atoms with Crippen LogP contribution < -0.4 is 0 Å². The Bertz CT molecular complexity index is 311. The smallest absolute Gasteiger partial charge is 0.0684 e. The van der Waals surface area contributed by atoms with Gasteiger partial charge in [0.15, 0.2) is 0 Å². The molecule has 2 rings (SSSR count). The molecule has 0 atom stereocenters. The molecule has 0 saturated heterocycles. The summed E-state index contributed by atoms with van der Waals surface area (Å²) in [7, 11) is 0. The topological polar surface area (TPSA) is 20.2 Å². The lowest BCUT2D eigenvalue weighted by molar-refractivity contribution is 0.279. The Morgan fingerprint density at radius 2 is 1.56 bits per heavy atom. The van der Waals surface area contributed by atoms with E-state index in [9.17, 15) is 5.11 Å². The molecular formula is C15H22O. The van der Waals surface area contributed by atoms with Gasteiger partial charge in [0.05, 0.1) is 6.61 Å². The van der Waals surface area contributed by atoms with E-state index in [1.807, 2.05) is 6.07 Å². The molecule has 0 aromatic heterocycles. The van der Waals surface area contributed by atoms with E-state index in [1.165, 1.54) is 50.5 Å². The number of aliphatic hydroxyl groups excluding tert-OH is 1. The van der Waals surface area contributed by atoms with Crippen molar-refractivity contribution in [3.05, 3.63) is 35.4 Å². The molecule has 1 aliphatic rings. The largest absolute Gasteiger partial charge is 0.392 e. The fraction of sp³-hybridized carbons (Fsp3) is 0.600. The molecule has 1 nitrogen and oxygen atoms in total. The zero-order chi connectivity index (χ0) is 11.2. The summed E-state index contributed by atoms with van der Waals surface area (Å²) in [6.45, 7) is 0.187. The predicted octanol–water partition coefficient (Wildman–Crippen LogP) is 4.01. The third-order valence-corrected chi connectivity index (χ3v) is 3.77. The highest BCUT2D eigenvalue weighted by atomic mass is 16.3. The summed E-state index contributed by atoms with van der Waals surface area (Å²) in [5.74, 6) is 0.684. The lowest BCUT2D eigenvalue weighted by Gasteiger charge is -2.22. The summed E-state index contributed by atoms with van der Waals surface area (Å²) in [6.07, 6.45) is 9.49. The van der Waals surface area contributed by atoms with Crippen molar-refractivity contribution in [3.63, 3.8) is 0 Å². The molecule has 1 saturated carbocycles. The number of rotatable bonds is 2. The molecule has 1 N–H and O–H groups in total. The molecule has 1 heteroatoms. The lowest BCUT2D eigenvalue weighted by Crippen LogP contribution is -2.05. The molecule has 0 radical (unpaired) electrons. The maximum Gasteiger partial charge on any atom is 0.0684 e. The average molecular weight is 218 g/mol. The first-order valence-corrected chi connectivity index (χ1v) is 6.60. The molecule has 1 aromatic carbocycles. The predicted molar refractivity (Wildman–Crippen MR) is 67.4 cm³/mol. The van der Waals surface area contributed by atoms with Crippen molar-refractivity contribution in [1.82, 2.24) is 0 Å². The molecule has 0 unspecified atom stereocenters. The SMILES string of the molecule is OCc1ccccc1C1CCCCCCC1. The van der Waals surface area contributed by atoms with Crippen LogP contribution in [0.3, 0.4) is 0 Å². The van der Waals surface area contributed by atoms with E-state index in [2.05, 4.69) is 18.2 Å². The molecule has 0 spiro atoms. The first-order valence-electron chi connectivity index (χ1n) is 6.60. The van der Waals surface area contributed by atoms with Crippen LogP contribution in [0.15, 0.2) is 24.3 Å². The van der Waals surface area contributed by atoms with E-state index in [4.69, 9.17) is 0 Å². The van der Waals surface area contributed by atoms with Crippen LogP contribution in [0.5, 0.6) is 0 Å². The van der Waals surface area contributed by atoms with Gasteiger partial charge in [0.1, 0.15) is 0 Å². The summed E-state index contributed by atoms with van der Waals surface area (Å²) in [6, 6.07) is 8.40. The van der Waals surface area contributed by atoms with Gasteiger partial charge in [0.2, 0.25) is 0 Å². The molecular weight excluding hydrogens is 196 g/mol. The second-order valence-electron chi connectivity index (χ2n) is 4.90. The first-order chi connectivity index (χ1) is 7.92. The van der Waals surface area contributed by atoms with Crippen molar-refractivity contribution in [3.8, 4) is 0 Å². The van der Waals surface area contributed by atoms with Crippen LogP contribution in [-0.4, -0.2) is 5.11 Å². The number of hydrogen-bond acceptors (Lipinski definition) is 1. The fourth-order valence-electron chi connectivity index (χ4n) is 2.84. The van der Waals surface area contributed by atoms with Crippen molar-refractivity contribution in [2.45, 2.75) is 57.5 Å². The highest BCUT2D eigenvalue weighted by molar-refractivity contribution is 5.29. The zero-order valence-corrected chi connectivity index (χ0v) is 9.99. The van der Waals surface area contributed by atoms with E-state index < -0.39 is 0 Å². The Morgan fingerprint density at radius 1 is 0.938 bits per heavy atom. The zero-order valence-electron chi connectivity index (χ0n) is 9.99. The van der Waals surface area contributed by atoms with Gasteiger partial charge in [-0.3, -0.25) is 0 Å². The standard InChI is InChI=1S/C15H22O/c16-12-14-10-6-7-11-15(14)13-8-4-2-1-3-5-9-13/h6-7,10-11,13,16H,1-5,8-9,12H2. The van der Waals surface area contributed by atoms with Crippen LogP contribution in [0, 0.1) is 0 Å². The van der Waals surface area contributed by atoms with E-state index >= 15 is 0 Å².